The summed E-state index contributed by atoms with van der Waals surface area (Å²) in [5, 5.41) is 2.11. The molecular weight excluding hydrogens is 344 g/mol. The van der Waals surface area contributed by atoms with Gasteiger partial charge in [-0.25, -0.2) is 0 Å². The Labute approximate surface area is 119 Å². The lowest BCUT2D eigenvalue weighted by Gasteiger charge is -2.02. The van der Waals surface area contributed by atoms with E-state index in [0.29, 0.717) is 0 Å². The molecule has 3 aromatic rings. The van der Waals surface area contributed by atoms with Crippen LogP contribution in [0.2, 0.25) is 0 Å². The Morgan fingerprint density at radius 1 is 1.06 bits per heavy atom. The molecule has 82 valence electrons. The third-order valence-corrected chi connectivity index (χ3v) is 6.83. The first kappa shape index (κ1) is 11.2. The second-order valence-electron chi connectivity index (χ2n) is 3.30. The number of halogens is 2. The molecule has 0 saturated heterocycles. The molecule has 0 saturated carbocycles. The van der Waals surface area contributed by atoms with Gasteiger partial charge in [-0.2, -0.15) is 0 Å². The molecule has 0 bridgehead atoms. The van der Waals surface area contributed by atoms with Crippen molar-refractivity contribution in [1.82, 2.24) is 0 Å². The highest BCUT2D eigenvalue weighted by Gasteiger charge is 2.16. The summed E-state index contributed by atoms with van der Waals surface area (Å²) in [6.07, 6.45) is 0. The van der Waals surface area contributed by atoms with Crippen molar-refractivity contribution < 1.29 is 0 Å². The maximum Gasteiger partial charge on any atom is 0.102 e. The zero-order valence-corrected chi connectivity index (χ0v) is 12.7. The number of fused-ring (bicyclic) bond motifs is 1. The van der Waals surface area contributed by atoms with Crippen LogP contribution in [0.1, 0.15) is 15.1 Å². The molecule has 0 fully saturated rings. The largest absolute Gasteiger partial charge is 0.143 e. The van der Waals surface area contributed by atoms with Crippen LogP contribution >= 0.6 is 61.5 Å². The van der Waals surface area contributed by atoms with E-state index in [1.54, 1.807) is 34.0 Å². The molecule has 0 aliphatic heterocycles. The first-order valence-corrected chi connectivity index (χ1v) is 8.34. The minimum absolute atomic E-state index is 0.0131. The molecule has 0 spiro atoms. The summed E-state index contributed by atoms with van der Waals surface area (Å²) >= 11 is 15.2. The highest BCUT2D eigenvalue weighted by atomic mass is 79.9. The molecule has 1 unspecified atom stereocenters. The van der Waals surface area contributed by atoms with E-state index in [-0.39, 0.29) is 5.38 Å². The van der Waals surface area contributed by atoms with Crippen LogP contribution in [-0.2, 0) is 0 Å². The Morgan fingerprint density at radius 3 is 2.62 bits per heavy atom. The topological polar surface area (TPSA) is 0 Å². The van der Waals surface area contributed by atoms with Gasteiger partial charge < -0.3 is 0 Å². The van der Waals surface area contributed by atoms with Gasteiger partial charge in [0.25, 0.3) is 0 Å². The van der Waals surface area contributed by atoms with Crippen molar-refractivity contribution in [3.63, 3.8) is 0 Å². The van der Waals surface area contributed by atoms with Gasteiger partial charge in [-0.3, -0.25) is 0 Å². The van der Waals surface area contributed by atoms with E-state index in [4.69, 9.17) is 11.6 Å². The summed E-state index contributed by atoms with van der Waals surface area (Å²) in [5.74, 6) is 0. The molecule has 0 amide bonds. The fourth-order valence-electron chi connectivity index (χ4n) is 1.51. The Kier molecular flexibility index (Phi) is 3.11. The predicted octanol–water partition coefficient (Wildman–Crippen LogP) is 6.12. The average Bonchev–Trinajstić information content (AvgIpc) is 2.89. The fourth-order valence-corrected chi connectivity index (χ4v) is 5.53. The van der Waals surface area contributed by atoms with Crippen LogP contribution < -0.4 is 0 Å². The van der Waals surface area contributed by atoms with Crippen molar-refractivity contribution in [3.05, 3.63) is 43.2 Å². The number of hydrogen-bond acceptors (Lipinski definition) is 3. The minimum atomic E-state index is -0.0131. The van der Waals surface area contributed by atoms with Gasteiger partial charge in [0.05, 0.1) is 3.79 Å². The van der Waals surface area contributed by atoms with Crippen LogP contribution in [0, 0.1) is 0 Å². The van der Waals surface area contributed by atoms with Crippen LogP contribution in [0.25, 0.3) is 9.40 Å². The Hall–Kier alpha value is 0.130. The molecule has 0 radical (unpaired) electrons. The van der Waals surface area contributed by atoms with E-state index in [2.05, 4.69) is 39.5 Å². The number of hydrogen-bond donors (Lipinski definition) is 0. The molecule has 5 heteroatoms. The fraction of sp³-hybridized carbons (Fsp3) is 0.0909. The molecular formula is C11H6BrClS3. The Morgan fingerprint density at radius 2 is 1.94 bits per heavy atom. The summed E-state index contributed by atoms with van der Waals surface area (Å²) in [4.78, 5) is 2.43. The minimum Gasteiger partial charge on any atom is -0.143 e. The molecule has 0 N–H and O–H groups in total. The van der Waals surface area contributed by atoms with E-state index in [1.165, 1.54) is 19.2 Å². The molecule has 0 aliphatic carbocycles. The van der Waals surface area contributed by atoms with Crippen molar-refractivity contribution >= 4 is 70.9 Å². The third kappa shape index (κ3) is 1.97. The third-order valence-electron chi connectivity index (χ3n) is 2.25. The summed E-state index contributed by atoms with van der Waals surface area (Å²) in [6.45, 7) is 0. The molecule has 0 nitrogen and oxygen atoms in total. The second-order valence-corrected chi connectivity index (χ2v) is 8.30. The van der Waals surface area contributed by atoms with Crippen molar-refractivity contribution in [1.29, 1.82) is 0 Å². The smallest absolute Gasteiger partial charge is 0.102 e. The van der Waals surface area contributed by atoms with Gasteiger partial charge in [0.2, 0.25) is 0 Å². The summed E-state index contributed by atoms with van der Waals surface area (Å²) in [5.41, 5.74) is 0. The summed E-state index contributed by atoms with van der Waals surface area (Å²) in [7, 11) is 0. The van der Waals surface area contributed by atoms with Gasteiger partial charge >= 0.3 is 0 Å². The summed E-state index contributed by atoms with van der Waals surface area (Å²) in [6, 6.07) is 8.49. The highest BCUT2D eigenvalue weighted by Crippen LogP contribution is 2.41. The predicted molar refractivity (Wildman–Crippen MR) is 79.4 cm³/mol. The zero-order chi connectivity index (χ0) is 11.1. The van der Waals surface area contributed by atoms with E-state index < -0.39 is 0 Å². The van der Waals surface area contributed by atoms with Crippen LogP contribution in [0.5, 0.6) is 0 Å². The molecule has 3 aromatic heterocycles. The van der Waals surface area contributed by atoms with Crippen molar-refractivity contribution in [2.45, 2.75) is 5.38 Å². The van der Waals surface area contributed by atoms with Crippen LogP contribution in [0.3, 0.4) is 0 Å². The molecule has 3 heterocycles. The average molecular weight is 350 g/mol. The van der Waals surface area contributed by atoms with Gasteiger partial charge in [-0.15, -0.1) is 45.6 Å². The van der Waals surface area contributed by atoms with Gasteiger partial charge in [-0.1, -0.05) is 0 Å². The van der Waals surface area contributed by atoms with Crippen molar-refractivity contribution in [2.75, 3.05) is 0 Å². The van der Waals surface area contributed by atoms with Gasteiger partial charge in [-0.05, 0) is 45.6 Å². The zero-order valence-electron chi connectivity index (χ0n) is 7.94. The molecule has 3 rings (SSSR count). The van der Waals surface area contributed by atoms with Gasteiger partial charge in [0, 0.05) is 19.2 Å². The van der Waals surface area contributed by atoms with Crippen LogP contribution in [-0.4, -0.2) is 0 Å². The standard InChI is InChI=1S/C11H6BrClS3/c12-10-2-1-7(16-10)11(13)9-5-8-6(15-9)3-4-14-8/h1-5,11H. The highest BCUT2D eigenvalue weighted by molar-refractivity contribution is 9.11. The first-order chi connectivity index (χ1) is 7.74. The van der Waals surface area contributed by atoms with Gasteiger partial charge in [0.15, 0.2) is 0 Å². The first-order valence-electron chi connectivity index (χ1n) is 4.60. The Balaban J connectivity index is 2.00. The van der Waals surface area contributed by atoms with E-state index in [1.807, 2.05) is 6.07 Å². The maximum atomic E-state index is 6.48. The molecule has 0 aromatic carbocycles. The normalized spacial score (nSPS) is 13.4. The van der Waals surface area contributed by atoms with E-state index in [0.717, 1.165) is 3.79 Å². The summed E-state index contributed by atoms with van der Waals surface area (Å²) < 4.78 is 3.80. The van der Waals surface area contributed by atoms with E-state index >= 15 is 0 Å². The quantitative estimate of drug-likeness (QED) is 0.489. The van der Waals surface area contributed by atoms with Crippen molar-refractivity contribution in [2.24, 2.45) is 0 Å². The molecule has 16 heavy (non-hydrogen) atoms. The molecule has 0 aliphatic rings. The lowest BCUT2D eigenvalue weighted by Crippen LogP contribution is -1.83. The van der Waals surface area contributed by atoms with Crippen LogP contribution in [0.4, 0.5) is 0 Å². The lowest BCUT2D eigenvalue weighted by molar-refractivity contribution is 1.24. The maximum absolute atomic E-state index is 6.48. The van der Waals surface area contributed by atoms with Crippen molar-refractivity contribution in [3.8, 4) is 0 Å². The monoisotopic (exact) mass is 348 g/mol. The number of rotatable bonds is 2. The van der Waals surface area contributed by atoms with Crippen LogP contribution in [0.15, 0.2) is 33.4 Å². The van der Waals surface area contributed by atoms with E-state index in [9.17, 15) is 0 Å². The Bertz CT molecular complexity index is 593. The van der Waals surface area contributed by atoms with Gasteiger partial charge in [0.1, 0.15) is 5.38 Å². The lowest BCUT2D eigenvalue weighted by atomic mass is 10.3. The number of thiophene rings is 3. The molecule has 1 atom stereocenters. The SMILES string of the molecule is ClC(c1ccc(Br)s1)c1cc2sccc2s1. The number of alkyl halides is 1. The second kappa shape index (κ2) is 4.42.